The van der Waals surface area contributed by atoms with E-state index < -0.39 is 0 Å². The smallest absolute Gasteiger partial charge is 0.322 e. The van der Waals surface area contributed by atoms with Gasteiger partial charge in [-0.2, -0.15) is 0 Å². The van der Waals surface area contributed by atoms with Crippen LogP contribution < -0.4 is 0 Å². The van der Waals surface area contributed by atoms with Gasteiger partial charge in [0, 0.05) is 18.4 Å². The molecule has 4 nitrogen and oxygen atoms in total. The highest BCUT2D eigenvalue weighted by Gasteiger charge is 2.38. The van der Waals surface area contributed by atoms with Crippen molar-refractivity contribution in [1.29, 1.82) is 0 Å². The van der Waals surface area contributed by atoms with Crippen molar-refractivity contribution < 1.29 is 14.3 Å². The number of Topliss-reactive ketones (excluding diaryl/α,β-unsaturated/α-hetero) is 1. The lowest BCUT2D eigenvalue weighted by molar-refractivity contribution is -0.150. The van der Waals surface area contributed by atoms with Crippen LogP contribution in [-0.2, 0) is 14.3 Å². The first-order chi connectivity index (χ1) is 9.15. The van der Waals surface area contributed by atoms with Gasteiger partial charge in [-0.05, 0) is 39.2 Å². The molecule has 3 unspecified atom stereocenters. The molecule has 0 N–H and O–H groups in total. The maximum Gasteiger partial charge on any atom is 0.322 e. The summed E-state index contributed by atoms with van der Waals surface area (Å²) in [5.41, 5.74) is 0. The molecule has 0 spiro atoms. The van der Waals surface area contributed by atoms with Gasteiger partial charge in [-0.1, -0.05) is 12.8 Å². The molecule has 0 amide bonds. The summed E-state index contributed by atoms with van der Waals surface area (Å²) in [6, 6.07) is 0.0145. The van der Waals surface area contributed by atoms with Crippen molar-refractivity contribution in [3.05, 3.63) is 0 Å². The molecular formula is C15H25NO3. The molecule has 0 aromatic rings. The van der Waals surface area contributed by atoms with E-state index in [0.717, 1.165) is 45.1 Å². The van der Waals surface area contributed by atoms with E-state index in [4.69, 9.17) is 4.74 Å². The fourth-order valence-electron chi connectivity index (χ4n) is 3.62. The Bertz CT molecular complexity index is 342. The second kappa shape index (κ2) is 6.51. The maximum absolute atomic E-state index is 12.2. The summed E-state index contributed by atoms with van der Waals surface area (Å²) in [7, 11) is 1.43. The molecule has 0 radical (unpaired) electrons. The van der Waals surface area contributed by atoms with Crippen LogP contribution in [0.5, 0.6) is 0 Å². The Balaban J connectivity index is 2.10. The predicted molar refractivity (Wildman–Crippen MR) is 72.8 cm³/mol. The Morgan fingerprint density at radius 3 is 2.68 bits per heavy atom. The van der Waals surface area contributed by atoms with Gasteiger partial charge < -0.3 is 4.74 Å². The van der Waals surface area contributed by atoms with Crippen LogP contribution in [0.3, 0.4) is 0 Å². The number of ketones is 1. The van der Waals surface area contributed by atoms with E-state index in [1.54, 1.807) is 0 Å². The minimum absolute atomic E-state index is 0.140. The highest BCUT2D eigenvalue weighted by atomic mass is 16.5. The van der Waals surface area contributed by atoms with Gasteiger partial charge in [0.1, 0.15) is 11.8 Å². The number of methoxy groups -OCH3 is 1. The zero-order chi connectivity index (χ0) is 13.8. The minimum Gasteiger partial charge on any atom is -0.468 e. The van der Waals surface area contributed by atoms with Gasteiger partial charge in [0.25, 0.3) is 0 Å². The second-order valence-electron chi connectivity index (χ2n) is 5.82. The molecule has 4 heteroatoms. The molecule has 19 heavy (non-hydrogen) atoms. The predicted octanol–water partition coefficient (Wildman–Crippen LogP) is 2.16. The zero-order valence-electron chi connectivity index (χ0n) is 12.1. The van der Waals surface area contributed by atoms with E-state index in [0.29, 0.717) is 5.78 Å². The largest absolute Gasteiger partial charge is 0.468 e. The van der Waals surface area contributed by atoms with Crippen LogP contribution in [0, 0.1) is 5.92 Å². The van der Waals surface area contributed by atoms with Crippen LogP contribution in [0.25, 0.3) is 0 Å². The Kier molecular flexibility index (Phi) is 4.97. The third kappa shape index (κ3) is 3.16. The molecule has 1 saturated carbocycles. The number of likely N-dealkylation sites (tertiary alicyclic amines) is 1. The van der Waals surface area contributed by atoms with Crippen molar-refractivity contribution in [2.24, 2.45) is 5.92 Å². The van der Waals surface area contributed by atoms with E-state index in [-0.39, 0.29) is 24.0 Å². The Labute approximate surface area is 115 Å². The van der Waals surface area contributed by atoms with Crippen molar-refractivity contribution in [2.75, 3.05) is 13.7 Å². The highest BCUT2D eigenvalue weighted by Crippen LogP contribution is 2.32. The first kappa shape index (κ1) is 14.5. The van der Waals surface area contributed by atoms with E-state index in [2.05, 4.69) is 4.90 Å². The van der Waals surface area contributed by atoms with Crippen LogP contribution in [0.1, 0.15) is 51.9 Å². The average molecular weight is 267 g/mol. The van der Waals surface area contributed by atoms with E-state index in [1.165, 1.54) is 13.5 Å². The lowest BCUT2D eigenvalue weighted by Crippen LogP contribution is -2.53. The van der Waals surface area contributed by atoms with Crippen LogP contribution in [0.15, 0.2) is 0 Å². The third-order valence-corrected chi connectivity index (χ3v) is 4.70. The second-order valence-corrected chi connectivity index (χ2v) is 5.82. The number of piperidine rings is 1. The Morgan fingerprint density at radius 1 is 1.26 bits per heavy atom. The average Bonchev–Trinajstić information content (AvgIpc) is 2.46. The molecule has 0 aromatic carbocycles. The van der Waals surface area contributed by atoms with Gasteiger partial charge in [-0.25, -0.2) is 0 Å². The van der Waals surface area contributed by atoms with Crippen LogP contribution in [0.4, 0.5) is 0 Å². The first-order valence-electron chi connectivity index (χ1n) is 7.51. The number of nitrogens with zero attached hydrogens (tertiary/aromatic N) is 1. The lowest BCUT2D eigenvalue weighted by Gasteiger charge is -2.43. The molecule has 0 aromatic heterocycles. The standard InChI is InChI=1S/C15H25NO3/c1-11(15(18)19-2)16-10-6-5-8-13(16)12-7-3-4-9-14(12)17/h11-13H,3-10H2,1-2H3. The number of esters is 1. The third-order valence-electron chi connectivity index (χ3n) is 4.70. The number of carbonyl (C=O) groups excluding carboxylic acids is 2. The molecule has 2 fully saturated rings. The summed E-state index contributed by atoms with van der Waals surface area (Å²) in [6.07, 6.45) is 7.22. The summed E-state index contributed by atoms with van der Waals surface area (Å²) in [5, 5.41) is 0. The molecule has 0 bridgehead atoms. The summed E-state index contributed by atoms with van der Waals surface area (Å²) in [4.78, 5) is 26.1. The van der Waals surface area contributed by atoms with E-state index in [9.17, 15) is 9.59 Å². The van der Waals surface area contributed by atoms with Crippen molar-refractivity contribution in [3.63, 3.8) is 0 Å². The number of rotatable bonds is 3. The maximum atomic E-state index is 12.2. The summed E-state index contributed by atoms with van der Waals surface area (Å²) in [5.74, 6) is 0.358. The number of carbonyl (C=O) groups is 2. The van der Waals surface area contributed by atoms with Gasteiger partial charge in [-0.15, -0.1) is 0 Å². The normalized spacial score (nSPS) is 30.9. The monoisotopic (exact) mass is 267 g/mol. The number of ether oxygens (including phenoxy) is 1. The lowest BCUT2D eigenvalue weighted by atomic mass is 9.78. The van der Waals surface area contributed by atoms with Gasteiger partial charge >= 0.3 is 5.97 Å². The van der Waals surface area contributed by atoms with Gasteiger partial charge in [0.05, 0.1) is 7.11 Å². The fourth-order valence-corrected chi connectivity index (χ4v) is 3.62. The topological polar surface area (TPSA) is 46.6 Å². The van der Waals surface area contributed by atoms with Gasteiger partial charge in [-0.3, -0.25) is 14.5 Å². The van der Waals surface area contributed by atoms with Gasteiger partial charge in [0.2, 0.25) is 0 Å². The summed E-state index contributed by atoms with van der Waals surface area (Å²) >= 11 is 0. The summed E-state index contributed by atoms with van der Waals surface area (Å²) in [6.45, 7) is 2.81. The van der Waals surface area contributed by atoms with E-state index in [1.807, 2.05) is 6.92 Å². The van der Waals surface area contributed by atoms with Gasteiger partial charge in [0.15, 0.2) is 0 Å². The molecule has 1 aliphatic carbocycles. The minimum atomic E-state index is -0.231. The van der Waals surface area contributed by atoms with Crippen molar-refractivity contribution in [1.82, 2.24) is 4.90 Å². The fraction of sp³-hybridized carbons (Fsp3) is 0.867. The quantitative estimate of drug-likeness (QED) is 0.735. The Morgan fingerprint density at radius 2 is 2.00 bits per heavy atom. The van der Waals surface area contributed by atoms with Crippen molar-refractivity contribution >= 4 is 11.8 Å². The Hall–Kier alpha value is -0.900. The number of hydrogen-bond donors (Lipinski definition) is 0. The molecule has 108 valence electrons. The highest BCUT2D eigenvalue weighted by molar-refractivity contribution is 5.82. The SMILES string of the molecule is COC(=O)C(C)N1CCCCC1C1CCCCC1=O. The number of hydrogen-bond acceptors (Lipinski definition) is 4. The molecule has 3 atom stereocenters. The van der Waals surface area contributed by atoms with Crippen LogP contribution in [-0.4, -0.2) is 42.4 Å². The van der Waals surface area contributed by atoms with Crippen LogP contribution >= 0.6 is 0 Å². The summed E-state index contributed by atoms with van der Waals surface area (Å²) < 4.78 is 4.86. The van der Waals surface area contributed by atoms with Crippen molar-refractivity contribution in [3.8, 4) is 0 Å². The molecule has 1 heterocycles. The van der Waals surface area contributed by atoms with Crippen molar-refractivity contribution in [2.45, 2.75) is 64.0 Å². The molecule has 2 aliphatic rings. The van der Waals surface area contributed by atoms with Crippen LogP contribution in [0.2, 0.25) is 0 Å². The molecule has 1 saturated heterocycles. The zero-order valence-corrected chi connectivity index (χ0v) is 12.1. The first-order valence-corrected chi connectivity index (χ1v) is 7.51. The van der Waals surface area contributed by atoms with E-state index >= 15 is 0 Å². The molecule has 2 rings (SSSR count). The molecule has 1 aliphatic heterocycles. The molecular weight excluding hydrogens is 242 g/mol.